The van der Waals surface area contributed by atoms with E-state index >= 15 is 0 Å². The van der Waals surface area contributed by atoms with Gasteiger partial charge in [-0.05, 0) is 32.3 Å². The highest BCUT2D eigenvalue weighted by Crippen LogP contribution is 2.42. The molecule has 2 heterocycles. The van der Waals surface area contributed by atoms with Gasteiger partial charge in [0.25, 0.3) is 5.91 Å². The lowest BCUT2D eigenvalue weighted by Gasteiger charge is -2.12. The van der Waals surface area contributed by atoms with Gasteiger partial charge in [-0.1, -0.05) is 0 Å². The van der Waals surface area contributed by atoms with Crippen molar-refractivity contribution >= 4 is 15.7 Å². The summed E-state index contributed by atoms with van der Waals surface area (Å²) in [5, 5.41) is 16.0. The van der Waals surface area contributed by atoms with Crippen LogP contribution in [0.3, 0.4) is 0 Å². The van der Waals surface area contributed by atoms with Crippen molar-refractivity contribution in [2.45, 2.75) is 44.2 Å². The number of rotatable bonds is 5. The van der Waals surface area contributed by atoms with Gasteiger partial charge in [-0.2, -0.15) is 5.10 Å². The predicted molar refractivity (Wildman–Crippen MR) is 80.5 cm³/mol. The lowest BCUT2D eigenvalue weighted by molar-refractivity contribution is 0.0916. The molecule has 2 N–H and O–H groups in total. The van der Waals surface area contributed by atoms with Gasteiger partial charge >= 0.3 is 0 Å². The molecule has 122 valence electrons. The number of carbonyl (C=O) groups excluding carboxylic acids is 1. The van der Waals surface area contributed by atoms with Crippen molar-refractivity contribution in [3.05, 3.63) is 17.5 Å². The van der Waals surface area contributed by atoms with Crippen LogP contribution >= 0.6 is 0 Å². The largest absolute Gasteiger partial charge is 0.394 e. The van der Waals surface area contributed by atoms with E-state index in [9.17, 15) is 13.2 Å². The molecule has 0 radical (unpaired) electrons. The predicted octanol–water partition coefficient (Wildman–Crippen LogP) is 0.231. The van der Waals surface area contributed by atoms with Crippen LogP contribution in [0.2, 0.25) is 0 Å². The van der Waals surface area contributed by atoms with Crippen molar-refractivity contribution in [2.24, 2.45) is 0 Å². The Morgan fingerprint density at radius 2 is 2.23 bits per heavy atom. The van der Waals surface area contributed by atoms with Gasteiger partial charge in [0, 0.05) is 17.7 Å². The summed E-state index contributed by atoms with van der Waals surface area (Å²) in [7, 11) is -2.99. The molecule has 2 aliphatic rings. The molecule has 1 unspecified atom stereocenters. The molecule has 0 bridgehead atoms. The Morgan fingerprint density at radius 3 is 2.77 bits per heavy atom. The molecule has 8 heteroatoms. The molecule has 1 aromatic heterocycles. The van der Waals surface area contributed by atoms with Crippen molar-refractivity contribution < 1.29 is 18.3 Å². The molecule has 0 aromatic carbocycles. The SMILES string of the molecule is C[C@@H](CO)NC(=O)c1cc(C2CC2)n(C2CCS(=O)(=O)C2)n1. The van der Waals surface area contributed by atoms with Gasteiger partial charge in [0.15, 0.2) is 9.84 Å². The lowest BCUT2D eigenvalue weighted by atomic mass is 10.2. The van der Waals surface area contributed by atoms with Crippen molar-refractivity contribution in [3.63, 3.8) is 0 Å². The molecule has 2 atom stereocenters. The number of hydrogen-bond acceptors (Lipinski definition) is 5. The maximum Gasteiger partial charge on any atom is 0.272 e. The van der Waals surface area contributed by atoms with Gasteiger partial charge in [-0.25, -0.2) is 8.42 Å². The normalized spacial score (nSPS) is 25.1. The van der Waals surface area contributed by atoms with E-state index < -0.39 is 9.84 Å². The Labute approximate surface area is 129 Å². The molecule has 1 amide bonds. The molecule has 0 spiro atoms. The monoisotopic (exact) mass is 327 g/mol. The second-order valence-corrected chi connectivity index (χ2v) is 8.52. The Morgan fingerprint density at radius 1 is 1.50 bits per heavy atom. The maximum atomic E-state index is 12.1. The summed E-state index contributed by atoms with van der Waals surface area (Å²) in [6, 6.07) is 1.26. The fourth-order valence-electron chi connectivity index (χ4n) is 2.81. The minimum Gasteiger partial charge on any atom is -0.394 e. The molecule has 2 fully saturated rings. The van der Waals surface area contributed by atoms with Gasteiger partial charge in [0.05, 0.1) is 24.2 Å². The number of amides is 1. The van der Waals surface area contributed by atoms with Crippen LogP contribution in [0.1, 0.15) is 54.3 Å². The molecule has 22 heavy (non-hydrogen) atoms. The second-order valence-electron chi connectivity index (χ2n) is 6.29. The molecule has 7 nitrogen and oxygen atoms in total. The van der Waals surface area contributed by atoms with Crippen molar-refractivity contribution in [3.8, 4) is 0 Å². The zero-order valence-corrected chi connectivity index (χ0v) is 13.3. The van der Waals surface area contributed by atoms with E-state index in [-0.39, 0.29) is 36.1 Å². The van der Waals surface area contributed by atoms with Crippen molar-refractivity contribution in [1.82, 2.24) is 15.1 Å². The smallest absolute Gasteiger partial charge is 0.272 e. The number of hydrogen-bond donors (Lipinski definition) is 2. The van der Waals surface area contributed by atoms with Crippen LogP contribution in [0.15, 0.2) is 6.07 Å². The standard InChI is InChI=1S/C14H21N3O4S/c1-9(7-18)15-14(19)12-6-13(10-2-3-10)17(16-12)11-4-5-22(20,21)8-11/h6,9-11,18H,2-5,7-8H2,1H3,(H,15,19)/t9-,11?/m0/s1. The van der Waals surface area contributed by atoms with Gasteiger partial charge in [-0.15, -0.1) is 0 Å². The number of nitrogens with one attached hydrogen (secondary N) is 1. The number of sulfone groups is 1. The molecule has 1 saturated carbocycles. The first-order valence-corrected chi connectivity index (χ1v) is 9.43. The van der Waals surface area contributed by atoms with Gasteiger partial charge in [0.1, 0.15) is 5.69 Å². The van der Waals surface area contributed by atoms with Crippen LogP contribution in [0.25, 0.3) is 0 Å². The molecular weight excluding hydrogens is 306 g/mol. The minimum absolute atomic E-state index is 0.0997. The number of carbonyl (C=O) groups is 1. The quantitative estimate of drug-likeness (QED) is 0.806. The third kappa shape index (κ3) is 3.17. The van der Waals surface area contributed by atoms with Crippen LogP contribution in [0.5, 0.6) is 0 Å². The summed E-state index contributed by atoms with van der Waals surface area (Å²) >= 11 is 0. The third-order valence-electron chi connectivity index (χ3n) is 4.20. The number of aromatic nitrogens is 2. The number of aliphatic hydroxyl groups is 1. The molecule has 1 aliphatic heterocycles. The zero-order chi connectivity index (χ0) is 15.9. The molecule has 1 aliphatic carbocycles. The average Bonchev–Trinajstić information content (AvgIpc) is 3.11. The fraction of sp³-hybridized carbons (Fsp3) is 0.714. The van der Waals surface area contributed by atoms with Crippen LogP contribution < -0.4 is 5.32 Å². The average molecular weight is 327 g/mol. The zero-order valence-electron chi connectivity index (χ0n) is 12.5. The van der Waals surface area contributed by atoms with E-state index in [1.807, 2.05) is 0 Å². The van der Waals surface area contributed by atoms with Crippen molar-refractivity contribution in [1.29, 1.82) is 0 Å². The lowest BCUT2D eigenvalue weighted by Crippen LogP contribution is -2.35. The molecular formula is C14H21N3O4S. The summed E-state index contributed by atoms with van der Waals surface area (Å²) in [6.07, 6.45) is 2.66. The molecule has 1 saturated heterocycles. The number of aliphatic hydroxyl groups excluding tert-OH is 1. The van der Waals surface area contributed by atoms with Crippen LogP contribution in [0, 0.1) is 0 Å². The summed E-state index contributed by atoms with van der Waals surface area (Å²) in [5.74, 6) is 0.336. The van der Waals surface area contributed by atoms with Gasteiger partial charge in [-0.3, -0.25) is 9.48 Å². The summed E-state index contributed by atoms with van der Waals surface area (Å²) in [4.78, 5) is 12.1. The van der Waals surface area contributed by atoms with E-state index in [0.29, 0.717) is 18.0 Å². The Kier molecular flexibility index (Phi) is 3.98. The van der Waals surface area contributed by atoms with E-state index in [1.165, 1.54) is 0 Å². The highest BCUT2D eigenvalue weighted by atomic mass is 32.2. The molecule has 3 rings (SSSR count). The topological polar surface area (TPSA) is 101 Å². The van der Waals surface area contributed by atoms with Crippen molar-refractivity contribution in [2.75, 3.05) is 18.1 Å². The molecule has 1 aromatic rings. The first-order chi connectivity index (χ1) is 10.4. The van der Waals surface area contributed by atoms with Gasteiger partial charge < -0.3 is 10.4 Å². The Bertz CT molecular complexity index is 678. The van der Waals surface area contributed by atoms with Crippen LogP contribution in [-0.2, 0) is 9.84 Å². The summed E-state index contributed by atoms with van der Waals surface area (Å²) in [6.45, 7) is 1.57. The highest BCUT2D eigenvalue weighted by molar-refractivity contribution is 7.91. The summed E-state index contributed by atoms with van der Waals surface area (Å²) < 4.78 is 25.1. The van der Waals surface area contributed by atoms with E-state index in [0.717, 1.165) is 18.5 Å². The maximum absolute atomic E-state index is 12.1. The third-order valence-corrected chi connectivity index (χ3v) is 5.95. The first kappa shape index (κ1) is 15.5. The van der Waals surface area contributed by atoms with Gasteiger partial charge in [0.2, 0.25) is 0 Å². The fourth-order valence-corrected chi connectivity index (χ4v) is 4.50. The van der Waals surface area contributed by atoms with E-state index in [1.54, 1.807) is 17.7 Å². The number of nitrogens with zero attached hydrogens (tertiary/aromatic N) is 2. The summed E-state index contributed by atoms with van der Waals surface area (Å²) in [5.41, 5.74) is 1.26. The first-order valence-electron chi connectivity index (χ1n) is 7.61. The minimum atomic E-state index is -2.99. The highest BCUT2D eigenvalue weighted by Gasteiger charge is 2.36. The van der Waals surface area contributed by atoms with Crippen LogP contribution in [0.4, 0.5) is 0 Å². The Balaban J connectivity index is 1.85. The van der Waals surface area contributed by atoms with E-state index in [2.05, 4.69) is 10.4 Å². The van der Waals surface area contributed by atoms with Crippen LogP contribution in [-0.4, -0.2) is 53.4 Å². The second kappa shape index (κ2) is 5.66. The van der Waals surface area contributed by atoms with E-state index in [4.69, 9.17) is 5.11 Å². The Hall–Kier alpha value is -1.41.